The number of hydrogen-bond acceptors (Lipinski definition) is 6. The number of alkyl halides is 1. The number of imidazole rings is 1. The smallest absolute Gasteiger partial charge is 0.332 e. The first-order valence-corrected chi connectivity index (χ1v) is 17.0. The molecule has 49 heavy (non-hydrogen) atoms. The van der Waals surface area contributed by atoms with E-state index in [1.165, 1.54) is 0 Å². The van der Waals surface area contributed by atoms with Crippen LogP contribution in [0.25, 0.3) is 33.3 Å². The van der Waals surface area contributed by atoms with E-state index in [0.717, 1.165) is 40.7 Å². The first kappa shape index (κ1) is 31.9. The van der Waals surface area contributed by atoms with Gasteiger partial charge in [-0.2, -0.15) is 5.10 Å². The van der Waals surface area contributed by atoms with Crippen molar-refractivity contribution in [2.45, 2.75) is 23.7 Å². The molecule has 0 saturated carbocycles. The molecule has 11 nitrogen and oxygen atoms in total. The van der Waals surface area contributed by atoms with Gasteiger partial charge in [-0.05, 0) is 55.0 Å². The van der Waals surface area contributed by atoms with E-state index in [4.69, 9.17) is 14.6 Å². The van der Waals surface area contributed by atoms with Gasteiger partial charge in [0.15, 0.2) is 11.4 Å². The molecule has 4 aromatic carbocycles. The van der Waals surface area contributed by atoms with Crippen LogP contribution in [0.5, 0.6) is 17.2 Å². The Kier molecular flexibility index (Phi) is 9.03. The van der Waals surface area contributed by atoms with E-state index in [0.29, 0.717) is 39.9 Å². The maximum absolute atomic E-state index is 13.6. The fourth-order valence-electron chi connectivity index (χ4n) is 5.73. The number of methoxy groups -OCH3 is 1. The average Bonchev–Trinajstić information content (AvgIpc) is 3.70. The second-order valence-corrected chi connectivity index (χ2v) is 12.8. The van der Waals surface area contributed by atoms with Crippen molar-refractivity contribution < 1.29 is 14.3 Å². The highest BCUT2D eigenvalue weighted by Crippen LogP contribution is 2.37. The summed E-state index contributed by atoms with van der Waals surface area (Å²) in [6.07, 6.45) is 3.57. The number of pyridine rings is 1. The second kappa shape index (κ2) is 13.8. The molecule has 0 spiro atoms. The van der Waals surface area contributed by atoms with Gasteiger partial charge in [0.05, 0.1) is 33.8 Å². The number of urea groups is 1. The van der Waals surface area contributed by atoms with Crippen LogP contribution in [0.3, 0.4) is 0 Å². The predicted octanol–water partition coefficient (Wildman–Crippen LogP) is 8.77. The standard InChI is InChI=1S/C37H32IN7O4/c1-3-9-28(38)30-22-33(45(43-30)24-14-16-25(48-2)17-15-24)41-36(46)40-29-18-19-31(27-13-8-7-12-26(27)29)49-32-20-21-39-35-34(32)44(37(47)42-35)23-10-5-4-6-11-23/h4-8,10-22,28H,3,9H2,1-2H3,(H,39,42,47)(H2,40,41,46). The predicted molar refractivity (Wildman–Crippen MR) is 200 cm³/mol. The first-order valence-electron chi connectivity index (χ1n) is 15.7. The van der Waals surface area contributed by atoms with Crippen molar-refractivity contribution in [3.63, 3.8) is 0 Å². The Hall–Kier alpha value is -5.63. The van der Waals surface area contributed by atoms with E-state index < -0.39 is 6.03 Å². The van der Waals surface area contributed by atoms with Gasteiger partial charge in [0.25, 0.3) is 0 Å². The lowest BCUT2D eigenvalue weighted by Crippen LogP contribution is -2.21. The van der Waals surface area contributed by atoms with Gasteiger partial charge in [0.2, 0.25) is 0 Å². The van der Waals surface area contributed by atoms with Crippen molar-refractivity contribution in [3.05, 3.63) is 126 Å². The van der Waals surface area contributed by atoms with Gasteiger partial charge in [0.1, 0.15) is 22.8 Å². The molecule has 0 bridgehead atoms. The molecule has 3 aromatic heterocycles. The first-order chi connectivity index (χ1) is 23.9. The number of benzene rings is 4. The lowest BCUT2D eigenvalue weighted by Gasteiger charge is -2.15. The molecule has 1 unspecified atom stereocenters. The molecule has 2 amide bonds. The molecule has 0 aliphatic carbocycles. The quantitative estimate of drug-likeness (QED) is 0.0944. The molecule has 3 N–H and O–H groups in total. The molecule has 0 saturated heterocycles. The van der Waals surface area contributed by atoms with Crippen LogP contribution < -0.4 is 25.8 Å². The number of nitrogens with zero attached hydrogens (tertiary/aromatic N) is 4. The number of carbonyl (C=O) groups is 1. The number of anilines is 2. The lowest BCUT2D eigenvalue weighted by atomic mass is 10.1. The van der Waals surface area contributed by atoms with Gasteiger partial charge in [0, 0.05) is 29.1 Å². The highest BCUT2D eigenvalue weighted by Gasteiger charge is 2.20. The minimum absolute atomic E-state index is 0.192. The van der Waals surface area contributed by atoms with Gasteiger partial charge < -0.3 is 14.8 Å². The Morgan fingerprint density at radius 3 is 2.41 bits per heavy atom. The number of halogens is 1. The third kappa shape index (κ3) is 6.46. The number of fused-ring (bicyclic) bond motifs is 2. The molecule has 7 aromatic rings. The molecule has 12 heteroatoms. The van der Waals surface area contributed by atoms with Gasteiger partial charge in [-0.15, -0.1) is 0 Å². The van der Waals surface area contributed by atoms with Crippen molar-refractivity contribution in [1.82, 2.24) is 24.3 Å². The van der Waals surface area contributed by atoms with Crippen LogP contribution in [0, 0.1) is 0 Å². The minimum atomic E-state index is -0.421. The minimum Gasteiger partial charge on any atom is -0.497 e. The van der Waals surface area contributed by atoms with E-state index in [1.54, 1.807) is 40.8 Å². The van der Waals surface area contributed by atoms with Gasteiger partial charge in [-0.3, -0.25) is 14.9 Å². The molecule has 0 aliphatic heterocycles. The topological polar surface area (TPSA) is 128 Å². The summed E-state index contributed by atoms with van der Waals surface area (Å²) in [4.78, 5) is 33.7. The van der Waals surface area contributed by atoms with Crippen LogP contribution in [-0.2, 0) is 0 Å². The number of hydrogen-bond donors (Lipinski definition) is 3. The Labute approximate surface area is 295 Å². The second-order valence-electron chi connectivity index (χ2n) is 11.3. The lowest BCUT2D eigenvalue weighted by molar-refractivity contribution is 0.262. The third-order valence-electron chi connectivity index (χ3n) is 8.06. The Balaban J connectivity index is 1.19. The molecule has 7 rings (SSSR count). The molecule has 0 aliphatic rings. The third-order valence-corrected chi connectivity index (χ3v) is 9.32. The number of carbonyl (C=O) groups excluding carboxylic acids is 1. The average molecular weight is 766 g/mol. The summed E-state index contributed by atoms with van der Waals surface area (Å²) in [5.74, 6) is 2.27. The number of aromatic nitrogens is 5. The van der Waals surface area contributed by atoms with Crippen LogP contribution in [-0.4, -0.2) is 37.5 Å². The summed E-state index contributed by atoms with van der Waals surface area (Å²) in [5.41, 5.74) is 3.56. The van der Waals surface area contributed by atoms with E-state index in [1.807, 2.05) is 84.9 Å². The maximum atomic E-state index is 13.6. The molecule has 3 heterocycles. The zero-order valence-corrected chi connectivity index (χ0v) is 28.8. The number of H-pyrrole nitrogens is 1. The fourth-order valence-corrected chi connectivity index (χ4v) is 6.66. The van der Waals surface area contributed by atoms with Crippen molar-refractivity contribution in [2.75, 3.05) is 17.7 Å². The zero-order valence-electron chi connectivity index (χ0n) is 26.7. The van der Waals surface area contributed by atoms with E-state index in [2.05, 4.69) is 50.1 Å². The molecule has 0 fully saturated rings. The summed E-state index contributed by atoms with van der Waals surface area (Å²) in [6.45, 7) is 2.14. The van der Waals surface area contributed by atoms with Crippen molar-refractivity contribution in [3.8, 4) is 28.6 Å². The SMILES string of the molecule is CCCC(I)c1cc(NC(=O)Nc2ccc(Oc3ccnc4[nH]c(=O)n(-c5ccccc5)c34)c3ccccc23)n(-c2ccc(OC)cc2)n1. The highest BCUT2D eigenvalue weighted by atomic mass is 127. The Morgan fingerprint density at radius 1 is 0.898 bits per heavy atom. The number of ether oxygens (including phenoxy) is 2. The Morgan fingerprint density at radius 2 is 1.65 bits per heavy atom. The summed E-state index contributed by atoms with van der Waals surface area (Å²) in [6, 6.07) is 31.3. The van der Waals surface area contributed by atoms with E-state index in [9.17, 15) is 9.59 Å². The number of nitrogens with one attached hydrogen (secondary N) is 3. The van der Waals surface area contributed by atoms with Gasteiger partial charge >= 0.3 is 11.7 Å². The van der Waals surface area contributed by atoms with Crippen molar-refractivity contribution >= 4 is 62.1 Å². The number of para-hydroxylation sites is 1. The summed E-state index contributed by atoms with van der Waals surface area (Å²) in [5, 5.41) is 12.4. The van der Waals surface area contributed by atoms with Crippen LogP contribution >= 0.6 is 22.6 Å². The van der Waals surface area contributed by atoms with Crippen LogP contribution in [0.1, 0.15) is 29.4 Å². The van der Waals surface area contributed by atoms with Crippen molar-refractivity contribution in [2.24, 2.45) is 0 Å². The molecule has 0 radical (unpaired) electrons. The van der Waals surface area contributed by atoms with Gasteiger partial charge in [-0.25, -0.2) is 19.3 Å². The van der Waals surface area contributed by atoms with Crippen molar-refractivity contribution in [1.29, 1.82) is 0 Å². The van der Waals surface area contributed by atoms with Crippen LogP contribution in [0.2, 0.25) is 0 Å². The summed E-state index contributed by atoms with van der Waals surface area (Å²) < 4.78 is 15.3. The monoisotopic (exact) mass is 765 g/mol. The maximum Gasteiger partial charge on any atom is 0.332 e. The molecule has 246 valence electrons. The number of rotatable bonds is 10. The molecular weight excluding hydrogens is 733 g/mol. The van der Waals surface area contributed by atoms with E-state index >= 15 is 0 Å². The largest absolute Gasteiger partial charge is 0.497 e. The normalized spacial score (nSPS) is 11.8. The van der Waals surface area contributed by atoms with E-state index in [-0.39, 0.29) is 9.61 Å². The number of amides is 2. The number of aromatic amines is 1. The zero-order chi connectivity index (χ0) is 33.9. The molecule has 1 atom stereocenters. The van der Waals surface area contributed by atoms with Crippen LogP contribution in [0.15, 0.2) is 114 Å². The van der Waals surface area contributed by atoms with Gasteiger partial charge in [-0.1, -0.05) is 78.4 Å². The fraction of sp³-hybridized carbons (Fsp3) is 0.135. The summed E-state index contributed by atoms with van der Waals surface area (Å²) >= 11 is 2.39. The highest BCUT2D eigenvalue weighted by molar-refractivity contribution is 14.1. The Bertz CT molecular complexity index is 2330. The summed E-state index contributed by atoms with van der Waals surface area (Å²) in [7, 11) is 1.62. The molecular formula is C37H32IN7O4. The van der Waals surface area contributed by atoms with Crippen LogP contribution in [0.4, 0.5) is 16.3 Å².